The minimum absolute atomic E-state index is 0.0947. The number of aromatic nitrogens is 2. The number of amides is 1. The van der Waals surface area contributed by atoms with Crippen LogP contribution in [-0.4, -0.2) is 81.5 Å². The summed E-state index contributed by atoms with van der Waals surface area (Å²) < 4.78 is 41.5. The van der Waals surface area contributed by atoms with Gasteiger partial charge in [0.25, 0.3) is 0 Å². The van der Waals surface area contributed by atoms with Gasteiger partial charge < -0.3 is 19.3 Å². The Morgan fingerprint density at radius 3 is 2.67 bits per heavy atom. The molecule has 0 N–H and O–H groups in total. The van der Waals surface area contributed by atoms with Crippen LogP contribution in [0.15, 0.2) is 30.3 Å². The second-order valence-corrected chi connectivity index (χ2v) is 15.9. The van der Waals surface area contributed by atoms with Crippen LogP contribution in [0.1, 0.15) is 88.6 Å². The van der Waals surface area contributed by atoms with E-state index in [1.165, 1.54) is 6.07 Å². The number of alkyl halides is 1. The quantitative estimate of drug-likeness (QED) is 0.275. The van der Waals surface area contributed by atoms with Crippen molar-refractivity contribution in [3.05, 3.63) is 58.1 Å². The molecule has 0 spiro atoms. The number of carbonyl (C=O) groups is 1. The second-order valence-electron chi connectivity index (χ2n) is 15.5. The minimum Gasteiger partial charge on any atom is -0.461 e. The van der Waals surface area contributed by atoms with Crippen LogP contribution in [0, 0.1) is 5.82 Å². The summed E-state index contributed by atoms with van der Waals surface area (Å²) in [6, 6.07) is 9.60. The predicted octanol–water partition coefficient (Wildman–Crippen LogP) is 7.59. The van der Waals surface area contributed by atoms with Gasteiger partial charge in [0, 0.05) is 48.6 Å². The SMILES string of the molecule is CC(C)(C)OC(=O)N1C2CCC1CC(c1nc(OC[C@@]34CCCN3C[C@H](F)C4)nc3c1CCN(c1cccc4ccc(F)c(Cl)c14)C3)C2. The van der Waals surface area contributed by atoms with Crippen molar-refractivity contribution in [2.24, 2.45) is 0 Å². The lowest BCUT2D eigenvalue weighted by Gasteiger charge is -2.40. The van der Waals surface area contributed by atoms with Crippen molar-refractivity contribution in [3.63, 3.8) is 0 Å². The van der Waals surface area contributed by atoms with Crippen LogP contribution in [-0.2, 0) is 17.7 Å². The van der Waals surface area contributed by atoms with Crippen molar-refractivity contribution in [3.8, 4) is 6.01 Å². The lowest BCUT2D eigenvalue weighted by molar-refractivity contribution is 0.00561. The van der Waals surface area contributed by atoms with E-state index in [0.29, 0.717) is 44.1 Å². The average Bonchev–Trinajstić information content (AvgIpc) is 3.67. The third-order valence-electron chi connectivity index (χ3n) is 11.3. The van der Waals surface area contributed by atoms with E-state index < -0.39 is 17.6 Å². The molecule has 256 valence electrons. The maximum atomic E-state index is 14.7. The standard InChI is InChI=1S/C37H44ClF2N5O3/c1-36(2,3)48-35(46)45-25-9-10-26(45)17-23(16-25)33-27-12-15-43(30-7-4-6-22-8-11-28(40)32(38)31(22)30)20-29(27)41-34(42-33)47-21-37-13-5-14-44(37)19-24(39)18-37/h4,6-8,11,23-26H,5,9-10,12-21H2,1-3H3/t23?,24-,25?,26?,37+/m1/s1. The van der Waals surface area contributed by atoms with Crippen LogP contribution in [0.25, 0.3) is 10.8 Å². The Morgan fingerprint density at radius 2 is 1.90 bits per heavy atom. The number of nitrogens with zero attached hydrogens (tertiary/aromatic N) is 5. The van der Waals surface area contributed by atoms with Crippen molar-refractivity contribution in [2.45, 2.75) is 114 Å². The van der Waals surface area contributed by atoms with Crippen LogP contribution in [0.5, 0.6) is 6.01 Å². The van der Waals surface area contributed by atoms with E-state index in [-0.39, 0.29) is 34.7 Å². The number of halogens is 3. The largest absolute Gasteiger partial charge is 0.461 e. The van der Waals surface area contributed by atoms with Crippen LogP contribution >= 0.6 is 11.6 Å². The number of hydrogen-bond acceptors (Lipinski definition) is 7. The van der Waals surface area contributed by atoms with E-state index in [1.807, 2.05) is 43.9 Å². The van der Waals surface area contributed by atoms with Gasteiger partial charge >= 0.3 is 12.1 Å². The van der Waals surface area contributed by atoms with E-state index in [9.17, 15) is 13.6 Å². The van der Waals surface area contributed by atoms with Crippen LogP contribution in [0.2, 0.25) is 5.02 Å². The lowest BCUT2D eigenvalue weighted by Crippen LogP contribution is -2.48. The summed E-state index contributed by atoms with van der Waals surface area (Å²) in [6.45, 7) is 8.63. The molecule has 48 heavy (non-hydrogen) atoms. The van der Waals surface area contributed by atoms with Gasteiger partial charge in [-0.25, -0.2) is 13.6 Å². The highest BCUT2D eigenvalue weighted by atomic mass is 35.5. The molecule has 8 nitrogen and oxygen atoms in total. The summed E-state index contributed by atoms with van der Waals surface area (Å²) in [6.07, 6.45) is 5.58. The molecule has 4 saturated heterocycles. The van der Waals surface area contributed by atoms with Crippen molar-refractivity contribution in [2.75, 3.05) is 31.1 Å². The van der Waals surface area contributed by atoms with E-state index in [4.69, 9.17) is 31.0 Å². The van der Waals surface area contributed by atoms with Crippen molar-refractivity contribution < 1.29 is 23.0 Å². The smallest absolute Gasteiger partial charge is 0.410 e. The summed E-state index contributed by atoms with van der Waals surface area (Å²) in [5.74, 6) is -0.291. The second kappa shape index (κ2) is 12.0. The molecular weight excluding hydrogens is 636 g/mol. The minimum atomic E-state index is -0.842. The molecule has 8 rings (SSSR count). The Hall–Kier alpha value is -3.24. The maximum absolute atomic E-state index is 14.7. The molecule has 11 heteroatoms. The Labute approximate surface area is 285 Å². The van der Waals surface area contributed by atoms with E-state index >= 15 is 0 Å². The zero-order valence-electron chi connectivity index (χ0n) is 28.0. The highest BCUT2D eigenvalue weighted by Crippen LogP contribution is 2.46. The monoisotopic (exact) mass is 679 g/mol. The van der Waals surface area contributed by atoms with Gasteiger partial charge in [0.1, 0.15) is 24.2 Å². The predicted molar refractivity (Wildman–Crippen MR) is 181 cm³/mol. The molecule has 4 atom stereocenters. The summed E-state index contributed by atoms with van der Waals surface area (Å²) in [5.41, 5.74) is 3.04. The topological polar surface area (TPSA) is 71.0 Å². The Balaban J connectivity index is 1.12. The van der Waals surface area contributed by atoms with Gasteiger partial charge in [0.15, 0.2) is 0 Å². The number of hydrogen-bond donors (Lipinski definition) is 0. The van der Waals surface area contributed by atoms with Gasteiger partial charge in [-0.05, 0) is 95.3 Å². The molecule has 3 aromatic rings. The van der Waals surface area contributed by atoms with Crippen LogP contribution in [0.4, 0.5) is 19.3 Å². The number of piperidine rings is 1. The summed E-state index contributed by atoms with van der Waals surface area (Å²) in [5, 5.41) is 1.70. The molecular formula is C37H44ClF2N5O3. The Kier molecular flexibility index (Phi) is 7.98. The molecule has 1 amide bonds. The fourth-order valence-electron chi connectivity index (χ4n) is 9.26. The number of ether oxygens (including phenoxy) is 2. The average molecular weight is 680 g/mol. The molecule has 2 bridgehead atoms. The van der Waals surface area contributed by atoms with Gasteiger partial charge in [-0.1, -0.05) is 29.8 Å². The number of benzene rings is 2. The molecule has 6 heterocycles. The third kappa shape index (κ3) is 5.66. The number of anilines is 1. The van der Waals surface area contributed by atoms with E-state index in [2.05, 4.69) is 9.80 Å². The van der Waals surface area contributed by atoms with E-state index in [1.54, 1.807) is 6.07 Å². The van der Waals surface area contributed by atoms with Gasteiger partial charge in [-0.15, -0.1) is 0 Å². The fraction of sp³-hybridized carbons (Fsp3) is 0.595. The lowest BCUT2D eigenvalue weighted by atomic mass is 9.84. The summed E-state index contributed by atoms with van der Waals surface area (Å²) in [4.78, 5) is 29.8. The third-order valence-corrected chi connectivity index (χ3v) is 11.7. The molecule has 0 radical (unpaired) electrons. The van der Waals surface area contributed by atoms with Gasteiger partial charge in [-0.3, -0.25) is 4.90 Å². The molecule has 0 saturated carbocycles. The molecule has 5 aliphatic rings. The molecule has 5 aliphatic heterocycles. The van der Waals surface area contributed by atoms with E-state index in [0.717, 1.165) is 79.5 Å². The summed E-state index contributed by atoms with van der Waals surface area (Å²) >= 11 is 6.55. The highest BCUT2D eigenvalue weighted by molar-refractivity contribution is 6.36. The zero-order valence-corrected chi connectivity index (χ0v) is 28.7. The first kappa shape index (κ1) is 32.0. The first-order chi connectivity index (χ1) is 23.0. The van der Waals surface area contributed by atoms with Crippen molar-refractivity contribution in [1.29, 1.82) is 0 Å². The number of fused-ring (bicyclic) bond motifs is 5. The van der Waals surface area contributed by atoms with Crippen molar-refractivity contribution in [1.82, 2.24) is 19.8 Å². The maximum Gasteiger partial charge on any atom is 0.410 e. The van der Waals surface area contributed by atoms with Gasteiger partial charge in [0.05, 0.1) is 28.5 Å². The molecule has 2 unspecified atom stereocenters. The highest BCUT2D eigenvalue weighted by Gasteiger charge is 2.50. The zero-order chi connectivity index (χ0) is 33.4. The first-order valence-electron chi connectivity index (χ1n) is 17.5. The fourth-order valence-corrected chi connectivity index (χ4v) is 9.53. The normalized spacial score (nSPS) is 28.5. The van der Waals surface area contributed by atoms with Crippen LogP contribution < -0.4 is 9.64 Å². The molecule has 4 fully saturated rings. The molecule has 0 aliphatic carbocycles. The van der Waals surface area contributed by atoms with Gasteiger partial charge in [-0.2, -0.15) is 9.97 Å². The first-order valence-corrected chi connectivity index (χ1v) is 17.9. The van der Waals surface area contributed by atoms with Gasteiger partial charge in [0.2, 0.25) is 0 Å². The van der Waals surface area contributed by atoms with Crippen molar-refractivity contribution >= 4 is 34.2 Å². The summed E-state index contributed by atoms with van der Waals surface area (Å²) in [7, 11) is 0. The molecule has 2 aromatic carbocycles. The Morgan fingerprint density at radius 1 is 1.10 bits per heavy atom. The number of carbonyl (C=O) groups excluding carboxylic acids is 1. The molecule has 1 aromatic heterocycles. The van der Waals surface area contributed by atoms with Crippen LogP contribution in [0.3, 0.4) is 0 Å². The Bertz CT molecular complexity index is 1740. The number of rotatable bonds is 5.